The van der Waals surface area contributed by atoms with Crippen molar-refractivity contribution in [1.82, 2.24) is 0 Å². The number of aromatic hydroxyl groups is 2. The second kappa shape index (κ2) is 12.9. The molecule has 0 saturated heterocycles. The van der Waals surface area contributed by atoms with Gasteiger partial charge in [0.2, 0.25) is 10.9 Å². The van der Waals surface area contributed by atoms with Crippen LogP contribution >= 0.6 is 0 Å². The molecule has 3 aromatic carbocycles. The largest absolute Gasteiger partial charge is 1.00 e. The minimum Gasteiger partial charge on any atom is -0.546 e. The normalized spacial score (nSPS) is 10.9. The van der Waals surface area contributed by atoms with Crippen LogP contribution in [0, 0.1) is 0 Å². The summed E-state index contributed by atoms with van der Waals surface area (Å²) in [7, 11) is 0. The zero-order valence-corrected chi connectivity index (χ0v) is 23.6. The van der Waals surface area contributed by atoms with E-state index in [1.54, 1.807) is 36.4 Å². The smallest absolute Gasteiger partial charge is 0.546 e. The first-order chi connectivity index (χ1) is 17.0. The minimum absolute atomic E-state index is 0. The summed E-state index contributed by atoms with van der Waals surface area (Å²) < 4.78 is 5.15. The van der Waals surface area contributed by atoms with Crippen LogP contribution in [0.5, 0.6) is 17.2 Å². The number of hydrogen-bond donors (Lipinski definition) is 2. The molecule has 188 valence electrons. The van der Waals surface area contributed by atoms with E-state index in [2.05, 4.69) is 0 Å². The SMILES string of the molecule is CC(C)c1ccc(C(c2ccc(OCC(=O)[O-])cc2)c2ccc(C(C)C)cc(=O)c2O)c(O)c(=O)c1.[Na+]. The summed E-state index contributed by atoms with van der Waals surface area (Å²) in [4.78, 5) is 36.4. The fourth-order valence-electron chi connectivity index (χ4n) is 3.96. The molecule has 0 amide bonds. The summed E-state index contributed by atoms with van der Waals surface area (Å²) in [6.07, 6.45) is 0. The average Bonchev–Trinajstić information content (AvgIpc) is 3.07. The van der Waals surface area contributed by atoms with Crippen molar-refractivity contribution in [2.45, 2.75) is 45.4 Å². The van der Waals surface area contributed by atoms with E-state index in [0.717, 1.165) is 11.1 Å². The van der Waals surface area contributed by atoms with Gasteiger partial charge in [0.15, 0.2) is 11.5 Å². The van der Waals surface area contributed by atoms with Crippen molar-refractivity contribution in [2.24, 2.45) is 0 Å². The Kier molecular flexibility index (Phi) is 10.5. The zero-order valence-electron chi connectivity index (χ0n) is 21.6. The Balaban J connectivity index is 0.00000481. The second-order valence-corrected chi connectivity index (χ2v) is 9.26. The van der Waals surface area contributed by atoms with Gasteiger partial charge in [0, 0.05) is 17.0 Å². The Hall–Kier alpha value is -3.13. The van der Waals surface area contributed by atoms with Crippen LogP contribution in [0.15, 0.2) is 70.3 Å². The predicted molar refractivity (Wildman–Crippen MR) is 135 cm³/mol. The van der Waals surface area contributed by atoms with Gasteiger partial charge >= 0.3 is 29.6 Å². The van der Waals surface area contributed by atoms with E-state index in [1.807, 2.05) is 27.7 Å². The number of carboxylic acid groups (broad SMARTS) is 1. The Labute approximate surface area is 237 Å². The molecule has 3 aromatic rings. The van der Waals surface area contributed by atoms with Gasteiger partial charge in [-0.3, -0.25) is 9.59 Å². The molecule has 0 aliphatic carbocycles. The summed E-state index contributed by atoms with van der Waals surface area (Å²) in [5.41, 5.74) is 1.24. The maximum absolute atomic E-state index is 12.8. The van der Waals surface area contributed by atoms with Crippen LogP contribution in [-0.4, -0.2) is 22.8 Å². The molecule has 37 heavy (non-hydrogen) atoms. The summed E-state index contributed by atoms with van der Waals surface area (Å²) in [6, 6.07) is 15.8. The summed E-state index contributed by atoms with van der Waals surface area (Å²) in [6.45, 7) is 7.08. The van der Waals surface area contributed by atoms with E-state index in [4.69, 9.17) is 4.74 Å². The van der Waals surface area contributed by atoms with Gasteiger partial charge in [0.1, 0.15) is 12.4 Å². The monoisotopic (exact) mass is 512 g/mol. The second-order valence-electron chi connectivity index (χ2n) is 9.26. The van der Waals surface area contributed by atoms with Crippen molar-refractivity contribution in [1.29, 1.82) is 0 Å². The molecule has 2 N–H and O–H groups in total. The summed E-state index contributed by atoms with van der Waals surface area (Å²) in [5.74, 6) is -2.92. The quantitative estimate of drug-likeness (QED) is 0.418. The Morgan fingerprint density at radius 2 is 1.16 bits per heavy atom. The third kappa shape index (κ3) is 7.22. The number of carbonyl (C=O) groups excluding carboxylic acids is 1. The molecule has 0 bridgehead atoms. The van der Waals surface area contributed by atoms with Crippen molar-refractivity contribution >= 4 is 5.97 Å². The third-order valence-electron chi connectivity index (χ3n) is 6.05. The van der Waals surface area contributed by atoms with Gasteiger partial charge < -0.3 is 24.9 Å². The van der Waals surface area contributed by atoms with E-state index in [9.17, 15) is 29.7 Å². The first kappa shape index (κ1) is 30.1. The van der Waals surface area contributed by atoms with Crippen LogP contribution in [-0.2, 0) is 4.79 Å². The summed E-state index contributed by atoms with van der Waals surface area (Å²) in [5, 5.41) is 32.6. The molecule has 0 atom stereocenters. The van der Waals surface area contributed by atoms with E-state index in [1.165, 1.54) is 24.3 Å². The molecule has 0 aliphatic heterocycles. The van der Waals surface area contributed by atoms with Crippen LogP contribution < -0.4 is 50.3 Å². The number of rotatable bonds is 8. The number of hydrogen-bond acceptors (Lipinski definition) is 7. The first-order valence-corrected chi connectivity index (χ1v) is 11.7. The molecule has 0 radical (unpaired) electrons. The number of carboxylic acids is 1. The van der Waals surface area contributed by atoms with Crippen LogP contribution in [0.4, 0.5) is 0 Å². The Morgan fingerprint density at radius 1 is 0.757 bits per heavy atom. The van der Waals surface area contributed by atoms with Crippen LogP contribution in [0.2, 0.25) is 0 Å². The topological polar surface area (TPSA) is 124 Å². The number of ether oxygens (including phenoxy) is 1. The first-order valence-electron chi connectivity index (χ1n) is 11.7. The molecular weight excluding hydrogens is 483 g/mol. The van der Waals surface area contributed by atoms with Gasteiger partial charge in [-0.2, -0.15) is 0 Å². The molecule has 0 spiro atoms. The van der Waals surface area contributed by atoms with Gasteiger partial charge in [0.05, 0.1) is 5.97 Å². The Morgan fingerprint density at radius 3 is 1.54 bits per heavy atom. The molecule has 7 nitrogen and oxygen atoms in total. The van der Waals surface area contributed by atoms with Crippen LogP contribution in [0.3, 0.4) is 0 Å². The summed E-state index contributed by atoms with van der Waals surface area (Å²) >= 11 is 0. The van der Waals surface area contributed by atoms with Gasteiger partial charge in [-0.1, -0.05) is 64.1 Å². The van der Waals surface area contributed by atoms with Crippen molar-refractivity contribution in [3.63, 3.8) is 0 Å². The van der Waals surface area contributed by atoms with Crippen LogP contribution in [0.25, 0.3) is 0 Å². The molecule has 0 heterocycles. The molecule has 0 aliphatic rings. The maximum atomic E-state index is 12.8. The van der Waals surface area contributed by atoms with Crippen molar-refractivity contribution < 1.29 is 54.4 Å². The van der Waals surface area contributed by atoms with Crippen molar-refractivity contribution in [2.75, 3.05) is 6.61 Å². The van der Waals surface area contributed by atoms with Gasteiger partial charge in [-0.05, 0) is 52.8 Å². The molecule has 3 rings (SSSR count). The molecule has 0 fully saturated rings. The van der Waals surface area contributed by atoms with Crippen LogP contribution in [0.1, 0.15) is 73.3 Å². The van der Waals surface area contributed by atoms with E-state index < -0.39 is 40.9 Å². The fraction of sp³-hybridized carbons (Fsp3) is 0.276. The van der Waals surface area contributed by atoms with Gasteiger partial charge in [0.25, 0.3) is 0 Å². The maximum Gasteiger partial charge on any atom is 1.00 e. The molecule has 8 heteroatoms. The minimum atomic E-state index is -1.37. The molecule has 0 saturated carbocycles. The van der Waals surface area contributed by atoms with E-state index in [0.29, 0.717) is 5.56 Å². The number of aliphatic carboxylic acids is 1. The van der Waals surface area contributed by atoms with E-state index >= 15 is 0 Å². The molecule has 0 unspecified atom stereocenters. The van der Waals surface area contributed by atoms with Crippen molar-refractivity contribution in [3.8, 4) is 17.2 Å². The standard InChI is InChI=1S/C29H30O7.Na/c1-16(2)19-7-11-22(28(34)24(30)13-19)27(18-5-9-21(10-6-18)36-15-26(32)33)23-12-8-20(17(3)4)14-25(31)29(23)35;/h5-14,16-17,27H,15H2,1-4H3,(H,30,34)(H,31,35)(H,32,33);/q;+1/p-1. The number of benzene rings is 1. The predicted octanol–water partition coefficient (Wildman–Crippen LogP) is 0.378. The van der Waals surface area contributed by atoms with Crippen molar-refractivity contribution in [3.05, 3.63) is 109 Å². The van der Waals surface area contributed by atoms with Gasteiger partial charge in [-0.25, -0.2) is 0 Å². The zero-order chi connectivity index (χ0) is 26.6. The number of carbonyl (C=O) groups is 1. The van der Waals surface area contributed by atoms with E-state index in [-0.39, 0.29) is 58.3 Å². The molecule has 0 aromatic heterocycles. The Bertz CT molecular complexity index is 1310. The third-order valence-corrected chi connectivity index (χ3v) is 6.05. The average molecular weight is 513 g/mol. The van der Waals surface area contributed by atoms with Gasteiger partial charge in [-0.15, -0.1) is 0 Å². The fourth-order valence-corrected chi connectivity index (χ4v) is 3.96. The molecular formula is C29H29NaO7.